The Bertz CT molecular complexity index is 308. The van der Waals surface area contributed by atoms with Gasteiger partial charge in [-0.05, 0) is 0 Å². The molecule has 6 nitrogen and oxygen atoms in total. The summed E-state index contributed by atoms with van der Waals surface area (Å²) in [4.78, 5) is 35.8. The first-order chi connectivity index (χ1) is 7.50. The van der Waals surface area contributed by atoms with Crippen molar-refractivity contribution < 1.29 is 19.5 Å². The number of carbonyl (C=O) groups excluding carboxylic acids is 2. The second-order valence-electron chi connectivity index (χ2n) is 3.49. The smallest absolute Gasteiger partial charge is 0.323 e. The van der Waals surface area contributed by atoms with Gasteiger partial charge in [-0.1, -0.05) is 11.8 Å². The van der Waals surface area contributed by atoms with E-state index in [1.165, 1.54) is 18.8 Å². The molecule has 0 aromatic carbocycles. The summed E-state index contributed by atoms with van der Waals surface area (Å²) in [5.74, 6) is -0.534. The summed E-state index contributed by atoms with van der Waals surface area (Å²) in [6.07, 6.45) is 0.177. The Labute approximate surface area is 97.6 Å². The van der Waals surface area contributed by atoms with E-state index in [9.17, 15) is 14.4 Å². The maximum absolute atomic E-state index is 11.5. The molecule has 0 bridgehead atoms. The summed E-state index contributed by atoms with van der Waals surface area (Å²) in [6.45, 7) is 0.732. The maximum atomic E-state index is 11.5. The molecule has 0 aliphatic carbocycles. The van der Waals surface area contributed by atoms with Crippen LogP contribution in [0.15, 0.2) is 0 Å². The van der Waals surface area contributed by atoms with Gasteiger partial charge in [-0.3, -0.25) is 14.4 Å². The summed E-state index contributed by atoms with van der Waals surface area (Å²) < 4.78 is 0. The zero-order valence-corrected chi connectivity index (χ0v) is 9.83. The molecule has 0 aromatic rings. The molecular weight excluding hydrogens is 232 g/mol. The molecule has 0 atom stereocenters. The number of hydrogen-bond acceptors (Lipinski definition) is 4. The fourth-order valence-electron chi connectivity index (χ4n) is 1.34. The molecule has 90 valence electrons. The topological polar surface area (TPSA) is 77.9 Å². The van der Waals surface area contributed by atoms with E-state index >= 15 is 0 Å². The van der Waals surface area contributed by atoms with Crippen LogP contribution in [0.5, 0.6) is 0 Å². The van der Waals surface area contributed by atoms with Gasteiger partial charge in [-0.2, -0.15) is 0 Å². The molecule has 1 rings (SSSR count). The lowest BCUT2D eigenvalue weighted by Crippen LogP contribution is -2.35. The van der Waals surface area contributed by atoms with E-state index in [2.05, 4.69) is 0 Å². The van der Waals surface area contributed by atoms with Crippen LogP contribution in [0.25, 0.3) is 0 Å². The highest BCUT2D eigenvalue weighted by Gasteiger charge is 2.22. The molecule has 1 fully saturated rings. The van der Waals surface area contributed by atoms with Crippen LogP contribution in [-0.4, -0.2) is 64.5 Å². The molecule has 1 aliphatic rings. The van der Waals surface area contributed by atoms with Crippen molar-refractivity contribution in [2.75, 3.05) is 32.4 Å². The first-order valence-electron chi connectivity index (χ1n) is 4.88. The third-order valence-electron chi connectivity index (χ3n) is 2.24. The summed E-state index contributed by atoms with van der Waals surface area (Å²) in [5, 5.41) is 8.49. The highest BCUT2D eigenvalue weighted by atomic mass is 32.2. The number of nitrogens with zero attached hydrogens (tertiary/aromatic N) is 2. The number of thioether (sulfide) groups is 1. The van der Waals surface area contributed by atoms with Crippen LogP contribution in [-0.2, 0) is 9.59 Å². The molecular formula is C9H14N2O4S. The highest BCUT2D eigenvalue weighted by molar-refractivity contribution is 8.13. The van der Waals surface area contributed by atoms with Crippen LogP contribution in [0.2, 0.25) is 0 Å². The molecule has 2 amide bonds. The molecule has 0 saturated carbocycles. The van der Waals surface area contributed by atoms with Crippen molar-refractivity contribution in [2.24, 2.45) is 0 Å². The van der Waals surface area contributed by atoms with Crippen molar-refractivity contribution in [1.82, 2.24) is 9.80 Å². The average molecular weight is 246 g/mol. The fourth-order valence-corrected chi connectivity index (χ4v) is 2.19. The summed E-state index contributed by atoms with van der Waals surface area (Å²) in [6, 6.07) is 0. The first-order valence-corrected chi connectivity index (χ1v) is 5.86. The minimum Gasteiger partial charge on any atom is -0.480 e. The van der Waals surface area contributed by atoms with Crippen molar-refractivity contribution in [3.8, 4) is 0 Å². The third kappa shape index (κ3) is 3.73. The lowest BCUT2D eigenvalue weighted by molar-refractivity contribution is -0.143. The van der Waals surface area contributed by atoms with E-state index in [0.717, 1.165) is 10.7 Å². The number of carboxylic acid groups (broad SMARTS) is 1. The normalized spacial score (nSPS) is 15.3. The van der Waals surface area contributed by atoms with Gasteiger partial charge in [0, 0.05) is 32.3 Å². The van der Waals surface area contributed by atoms with E-state index in [1.807, 2.05) is 0 Å². The molecule has 0 aromatic heterocycles. The van der Waals surface area contributed by atoms with Gasteiger partial charge in [0.05, 0.1) is 0 Å². The van der Waals surface area contributed by atoms with Gasteiger partial charge < -0.3 is 14.9 Å². The molecule has 0 spiro atoms. The van der Waals surface area contributed by atoms with Crippen molar-refractivity contribution in [3.05, 3.63) is 0 Å². The van der Waals surface area contributed by atoms with Crippen LogP contribution in [0.4, 0.5) is 4.79 Å². The maximum Gasteiger partial charge on any atom is 0.323 e. The minimum atomic E-state index is -1.04. The largest absolute Gasteiger partial charge is 0.480 e. The number of rotatable bonds is 5. The van der Waals surface area contributed by atoms with E-state index in [0.29, 0.717) is 13.1 Å². The quantitative estimate of drug-likeness (QED) is 0.743. The van der Waals surface area contributed by atoms with Gasteiger partial charge in [-0.25, -0.2) is 0 Å². The van der Waals surface area contributed by atoms with Crippen molar-refractivity contribution in [3.63, 3.8) is 0 Å². The monoisotopic (exact) mass is 246 g/mol. The summed E-state index contributed by atoms with van der Waals surface area (Å²) >= 11 is 1.24. The number of likely N-dealkylation sites (N-methyl/N-ethyl adjacent to an activating group) is 1. The first kappa shape index (κ1) is 12.8. The summed E-state index contributed by atoms with van der Waals surface area (Å²) in [5.41, 5.74) is 0. The van der Waals surface area contributed by atoms with Crippen LogP contribution >= 0.6 is 11.8 Å². The molecule has 1 saturated heterocycles. The van der Waals surface area contributed by atoms with Crippen LogP contribution < -0.4 is 0 Å². The Morgan fingerprint density at radius 3 is 2.75 bits per heavy atom. The number of carboxylic acids is 1. The van der Waals surface area contributed by atoms with E-state index in [1.54, 1.807) is 4.90 Å². The Morgan fingerprint density at radius 2 is 2.25 bits per heavy atom. The van der Waals surface area contributed by atoms with E-state index in [4.69, 9.17) is 5.11 Å². The van der Waals surface area contributed by atoms with Crippen molar-refractivity contribution >= 4 is 28.9 Å². The predicted octanol–water partition coefficient (Wildman–Crippen LogP) is 0.0883. The lowest BCUT2D eigenvalue weighted by atomic mass is 10.3. The van der Waals surface area contributed by atoms with Crippen molar-refractivity contribution in [2.45, 2.75) is 6.42 Å². The predicted molar refractivity (Wildman–Crippen MR) is 59.3 cm³/mol. The Hall–Kier alpha value is -1.24. The molecule has 16 heavy (non-hydrogen) atoms. The number of carbonyl (C=O) groups is 3. The fraction of sp³-hybridized carbons (Fsp3) is 0.667. The number of amides is 2. The van der Waals surface area contributed by atoms with Crippen LogP contribution in [0, 0.1) is 0 Å². The Kier molecular flexibility index (Phi) is 4.60. The van der Waals surface area contributed by atoms with Crippen molar-refractivity contribution in [1.29, 1.82) is 0 Å². The van der Waals surface area contributed by atoms with E-state index in [-0.39, 0.29) is 24.1 Å². The lowest BCUT2D eigenvalue weighted by Gasteiger charge is -2.18. The van der Waals surface area contributed by atoms with Gasteiger partial charge in [0.15, 0.2) is 0 Å². The van der Waals surface area contributed by atoms with Gasteiger partial charge in [0.25, 0.3) is 5.24 Å². The molecule has 1 aliphatic heterocycles. The second kappa shape index (κ2) is 5.74. The zero-order valence-electron chi connectivity index (χ0n) is 9.01. The Morgan fingerprint density at radius 1 is 1.56 bits per heavy atom. The highest BCUT2D eigenvalue weighted by Crippen LogP contribution is 2.17. The number of aliphatic carboxylic acids is 1. The van der Waals surface area contributed by atoms with Crippen LogP contribution in [0.1, 0.15) is 6.42 Å². The Balaban J connectivity index is 2.29. The molecule has 1 heterocycles. The van der Waals surface area contributed by atoms with Gasteiger partial charge in [0.1, 0.15) is 6.54 Å². The zero-order chi connectivity index (χ0) is 12.1. The molecule has 0 radical (unpaired) electrons. The average Bonchev–Trinajstić information content (AvgIpc) is 2.59. The van der Waals surface area contributed by atoms with Gasteiger partial charge in [-0.15, -0.1) is 0 Å². The molecule has 0 unspecified atom stereocenters. The van der Waals surface area contributed by atoms with Gasteiger partial charge in [0.2, 0.25) is 5.91 Å². The van der Waals surface area contributed by atoms with Gasteiger partial charge >= 0.3 is 5.97 Å². The second-order valence-corrected chi connectivity index (χ2v) is 4.54. The third-order valence-corrected chi connectivity index (χ3v) is 3.13. The SMILES string of the molecule is CN(CC(=O)O)C(=O)CCN1CCSC1=O. The van der Waals surface area contributed by atoms with Crippen LogP contribution in [0.3, 0.4) is 0 Å². The minimum absolute atomic E-state index is 0.00584. The molecule has 1 N–H and O–H groups in total. The number of hydrogen-bond donors (Lipinski definition) is 1. The summed E-state index contributed by atoms with van der Waals surface area (Å²) in [7, 11) is 1.44. The van der Waals surface area contributed by atoms with E-state index < -0.39 is 5.97 Å². The standard InChI is InChI=1S/C9H14N2O4S/c1-10(6-8(13)14)7(12)2-3-11-4-5-16-9(11)15/h2-6H2,1H3,(H,13,14). The molecule has 7 heteroatoms.